The fourth-order valence-corrected chi connectivity index (χ4v) is 1.20. The number of pyridine rings is 1. The number of carboxylic acids is 1. The summed E-state index contributed by atoms with van der Waals surface area (Å²) in [6.07, 6.45) is 0.743. The molecular formula is C9H12ClN3O2. The summed E-state index contributed by atoms with van der Waals surface area (Å²) in [5, 5.41) is 12.0. The molecule has 0 spiro atoms. The Labute approximate surface area is 92.3 Å². The number of nitrogens with zero attached hydrogens (tertiary/aromatic N) is 1. The molecule has 4 N–H and O–H groups in total. The first-order valence-corrected chi connectivity index (χ1v) is 4.86. The zero-order valence-corrected chi connectivity index (χ0v) is 8.79. The van der Waals surface area contributed by atoms with Crippen LogP contribution in [0.15, 0.2) is 12.1 Å². The molecule has 0 aliphatic rings. The Morgan fingerprint density at radius 1 is 1.60 bits per heavy atom. The number of nitrogens with one attached hydrogen (secondary N) is 1. The van der Waals surface area contributed by atoms with Gasteiger partial charge in [0.1, 0.15) is 16.5 Å². The molecule has 1 aromatic rings. The van der Waals surface area contributed by atoms with Crippen molar-refractivity contribution >= 4 is 23.4 Å². The van der Waals surface area contributed by atoms with Gasteiger partial charge in [-0.3, -0.25) is 0 Å². The number of halogens is 1. The van der Waals surface area contributed by atoms with Crippen LogP contribution in [0.3, 0.4) is 0 Å². The van der Waals surface area contributed by atoms with Gasteiger partial charge in [0, 0.05) is 6.54 Å². The lowest BCUT2D eigenvalue weighted by Gasteiger charge is -2.07. The minimum atomic E-state index is -1.03. The molecule has 0 radical (unpaired) electrons. The Balaban J connectivity index is 2.82. The largest absolute Gasteiger partial charge is 0.478 e. The molecule has 0 saturated heterocycles. The maximum atomic E-state index is 10.8. The van der Waals surface area contributed by atoms with Gasteiger partial charge in [-0.25, -0.2) is 9.78 Å². The maximum Gasteiger partial charge on any atom is 0.339 e. The second-order valence-electron chi connectivity index (χ2n) is 2.90. The number of nitrogens with two attached hydrogens (primary N) is 1. The smallest absolute Gasteiger partial charge is 0.339 e. The lowest BCUT2D eigenvalue weighted by Crippen LogP contribution is -2.12. The number of hydrogen-bond donors (Lipinski definition) is 3. The third-order valence-corrected chi connectivity index (χ3v) is 1.98. The molecule has 1 rings (SSSR count). The summed E-state index contributed by atoms with van der Waals surface area (Å²) in [7, 11) is 0. The van der Waals surface area contributed by atoms with Crippen molar-refractivity contribution in [1.82, 2.24) is 4.98 Å². The Kier molecular flexibility index (Phi) is 4.33. The number of aromatic carboxylic acids is 1. The van der Waals surface area contributed by atoms with Crippen molar-refractivity contribution in [2.45, 2.75) is 6.42 Å². The molecule has 1 heterocycles. The molecule has 0 saturated carbocycles. The highest BCUT2D eigenvalue weighted by molar-refractivity contribution is 6.29. The van der Waals surface area contributed by atoms with Gasteiger partial charge in [-0.05, 0) is 25.1 Å². The first kappa shape index (κ1) is 11.7. The topological polar surface area (TPSA) is 88.2 Å². The van der Waals surface area contributed by atoms with Crippen molar-refractivity contribution in [3.63, 3.8) is 0 Å². The zero-order valence-electron chi connectivity index (χ0n) is 8.03. The molecule has 5 nitrogen and oxygen atoms in total. The van der Waals surface area contributed by atoms with E-state index < -0.39 is 5.97 Å². The highest BCUT2D eigenvalue weighted by Crippen LogP contribution is 2.16. The number of carbonyl (C=O) groups is 1. The van der Waals surface area contributed by atoms with Crippen molar-refractivity contribution in [2.75, 3.05) is 18.4 Å². The van der Waals surface area contributed by atoms with Crippen LogP contribution in [0.5, 0.6) is 0 Å². The summed E-state index contributed by atoms with van der Waals surface area (Å²) in [4.78, 5) is 14.7. The predicted octanol–water partition coefficient (Wildman–Crippen LogP) is 1.19. The van der Waals surface area contributed by atoms with Gasteiger partial charge in [-0.1, -0.05) is 11.6 Å². The lowest BCUT2D eigenvalue weighted by atomic mass is 10.2. The second kappa shape index (κ2) is 5.53. The Bertz CT molecular complexity index is 357. The van der Waals surface area contributed by atoms with E-state index >= 15 is 0 Å². The SMILES string of the molecule is NCCCNc1nc(Cl)ccc1C(=O)O. The molecule has 0 unspecified atom stereocenters. The van der Waals surface area contributed by atoms with Gasteiger partial charge in [0.25, 0.3) is 0 Å². The van der Waals surface area contributed by atoms with Crippen LogP contribution in [0.25, 0.3) is 0 Å². The van der Waals surface area contributed by atoms with Crippen molar-refractivity contribution in [2.24, 2.45) is 5.73 Å². The first-order chi connectivity index (χ1) is 7.15. The Hall–Kier alpha value is -1.33. The number of rotatable bonds is 5. The molecule has 0 bridgehead atoms. The minimum Gasteiger partial charge on any atom is -0.478 e. The van der Waals surface area contributed by atoms with Crippen LogP contribution in [0, 0.1) is 0 Å². The number of anilines is 1. The standard InChI is InChI=1S/C9H12ClN3O2/c10-7-3-2-6(9(14)15)8(13-7)12-5-1-4-11/h2-3H,1,4-5,11H2,(H,12,13)(H,14,15). The van der Waals surface area contributed by atoms with E-state index in [1.165, 1.54) is 12.1 Å². The van der Waals surface area contributed by atoms with Gasteiger partial charge in [-0.15, -0.1) is 0 Å². The Morgan fingerprint density at radius 2 is 2.33 bits per heavy atom. The summed E-state index contributed by atoms with van der Waals surface area (Å²) < 4.78 is 0. The monoisotopic (exact) mass is 229 g/mol. The molecular weight excluding hydrogens is 218 g/mol. The van der Waals surface area contributed by atoms with Crippen LogP contribution >= 0.6 is 11.6 Å². The van der Waals surface area contributed by atoms with E-state index in [-0.39, 0.29) is 16.5 Å². The summed E-state index contributed by atoms with van der Waals surface area (Å²) >= 11 is 5.67. The molecule has 1 aromatic heterocycles. The molecule has 0 amide bonds. The minimum absolute atomic E-state index is 0.108. The summed E-state index contributed by atoms with van der Waals surface area (Å²) in [5.41, 5.74) is 5.43. The Morgan fingerprint density at radius 3 is 2.93 bits per heavy atom. The normalized spacial score (nSPS) is 10.0. The van der Waals surface area contributed by atoms with Gasteiger partial charge in [0.15, 0.2) is 0 Å². The van der Waals surface area contributed by atoms with E-state index in [1.54, 1.807) is 0 Å². The number of carboxylic acid groups (broad SMARTS) is 1. The third-order valence-electron chi connectivity index (χ3n) is 1.77. The van der Waals surface area contributed by atoms with Gasteiger partial charge in [0.05, 0.1) is 0 Å². The van der Waals surface area contributed by atoms with Gasteiger partial charge < -0.3 is 16.2 Å². The summed E-state index contributed by atoms with van der Waals surface area (Å²) in [5.74, 6) is -0.752. The third kappa shape index (κ3) is 3.38. The van der Waals surface area contributed by atoms with Crippen LogP contribution in [0.2, 0.25) is 5.15 Å². The van der Waals surface area contributed by atoms with Crippen LogP contribution in [0.1, 0.15) is 16.8 Å². The molecule has 0 aliphatic carbocycles. The van der Waals surface area contributed by atoms with Crippen molar-refractivity contribution in [3.8, 4) is 0 Å². The van der Waals surface area contributed by atoms with Gasteiger partial charge in [0.2, 0.25) is 0 Å². The molecule has 82 valence electrons. The predicted molar refractivity (Wildman–Crippen MR) is 58.4 cm³/mol. The molecule has 0 fully saturated rings. The summed E-state index contributed by atoms with van der Waals surface area (Å²) in [6, 6.07) is 2.86. The van der Waals surface area contributed by atoms with Crippen LogP contribution in [-0.4, -0.2) is 29.1 Å². The van der Waals surface area contributed by atoms with Crippen LogP contribution in [0.4, 0.5) is 5.82 Å². The molecule has 0 aliphatic heterocycles. The fraction of sp³-hybridized carbons (Fsp3) is 0.333. The highest BCUT2D eigenvalue weighted by Gasteiger charge is 2.11. The summed E-state index contributed by atoms with van der Waals surface area (Å²) in [6.45, 7) is 1.11. The van der Waals surface area contributed by atoms with Gasteiger partial charge in [-0.2, -0.15) is 0 Å². The molecule has 0 atom stereocenters. The fourth-order valence-electron chi connectivity index (χ4n) is 1.05. The van der Waals surface area contributed by atoms with E-state index in [9.17, 15) is 4.79 Å². The van der Waals surface area contributed by atoms with Crippen molar-refractivity contribution in [3.05, 3.63) is 22.8 Å². The van der Waals surface area contributed by atoms with Gasteiger partial charge >= 0.3 is 5.97 Å². The van der Waals surface area contributed by atoms with E-state index in [4.69, 9.17) is 22.4 Å². The molecule has 15 heavy (non-hydrogen) atoms. The van der Waals surface area contributed by atoms with Crippen LogP contribution in [-0.2, 0) is 0 Å². The van der Waals surface area contributed by atoms with E-state index in [1.807, 2.05) is 0 Å². The van der Waals surface area contributed by atoms with Crippen molar-refractivity contribution in [1.29, 1.82) is 0 Å². The molecule has 0 aromatic carbocycles. The van der Waals surface area contributed by atoms with E-state index in [0.29, 0.717) is 13.1 Å². The van der Waals surface area contributed by atoms with E-state index in [2.05, 4.69) is 10.3 Å². The lowest BCUT2D eigenvalue weighted by molar-refractivity contribution is 0.0697. The second-order valence-corrected chi connectivity index (χ2v) is 3.29. The van der Waals surface area contributed by atoms with E-state index in [0.717, 1.165) is 6.42 Å². The average Bonchev–Trinajstić information content (AvgIpc) is 2.18. The average molecular weight is 230 g/mol. The van der Waals surface area contributed by atoms with Crippen molar-refractivity contribution < 1.29 is 9.90 Å². The number of hydrogen-bond acceptors (Lipinski definition) is 4. The number of aromatic nitrogens is 1. The maximum absolute atomic E-state index is 10.8. The quantitative estimate of drug-likeness (QED) is 0.522. The zero-order chi connectivity index (χ0) is 11.3. The first-order valence-electron chi connectivity index (χ1n) is 4.49. The van der Waals surface area contributed by atoms with Crippen LogP contribution < -0.4 is 11.1 Å². The molecule has 6 heteroatoms. The highest BCUT2D eigenvalue weighted by atomic mass is 35.5.